The number of benzene rings is 6. The number of imide groups is 2. The normalized spacial score (nSPS) is 14.0. The van der Waals surface area contributed by atoms with Crippen LogP contribution in [0, 0.1) is 13.8 Å². The Hall–Kier alpha value is -10.1. The first kappa shape index (κ1) is 50.8. The maximum Gasteiger partial charge on any atom is 0.340 e. The number of Topliss-reactive ketones (excluding diaryl/α,β-unsaturated/α-hetero) is 2. The number of hydrogen-bond acceptors (Lipinski definition) is 16. The van der Waals surface area contributed by atoms with E-state index in [9.17, 15) is 58.2 Å². The Morgan fingerprint density at radius 2 is 0.882 bits per heavy atom. The highest BCUT2D eigenvalue weighted by atomic mass is 16.7. The molecular formula is C58H40N2O16-2. The molecular weight excluding hydrogens is 981 g/mol. The van der Waals surface area contributed by atoms with Crippen molar-refractivity contribution in [2.45, 2.75) is 52.4 Å². The van der Waals surface area contributed by atoms with E-state index < -0.39 is 71.9 Å². The molecule has 18 heteroatoms. The number of ether oxygens (including phenoxy) is 2. The van der Waals surface area contributed by atoms with Crippen molar-refractivity contribution in [3.63, 3.8) is 0 Å². The molecule has 0 saturated carbocycles. The number of rotatable bonds is 12. The predicted octanol–water partition coefficient (Wildman–Crippen LogP) is 2.60. The van der Waals surface area contributed by atoms with Crippen LogP contribution in [0.25, 0.3) is 24.3 Å². The van der Waals surface area contributed by atoms with E-state index in [1.54, 1.807) is 42.5 Å². The smallest absolute Gasteiger partial charge is 0.340 e. The second-order valence-corrected chi connectivity index (χ2v) is 18.0. The average Bonchev–Trinajstić information content (AvgIpc) is 3.90. The van der Waals surface area contributed by atoms with E-state index in [0.717, 1.165) is 17.2 Å². The van der Waals surface area contributed by atoms with Gasteiger partial charge in [-0.2, -0.15) is 0 Å². The fourth-order valence-corrected chi connectivity index (χ4v) is 8.92. The van der Waals surface area contributed by atoms with Gasteiger partial charge < -0.3 is 39.0 Å². The van der Waals surface area contributed by atoms with Gasteiger partial charge >= 0.3 is 11.9 Å². The highest BCUT2D eigenvalue weighted by molar-refractivity contribution is 6.10. The molecule has 6 aromatic rings. The molecule has 0 aromatic heterocycles. The fourth-order valence-electron chi connectivity index (χ4n) is 8.92. The third-order valence-corrected chi connectivity index (χ3v) is 12.6. The first-order valence-corrected chi connectivity index (χ1v) is 23.4. The number of aromatic carboxylic acids is 2. The van der Waals surface area contributed by atoms with Gasteiger partial charge in [-0.25, -0.2) is 9.59 Å². The molecule has 0 spiro atoms. The number of hydrogen-bond donors (Lipinski definition) is 0. The van der Waals surface area contributed by atoms with Crippen LogP contribution in [0.4, 0.5) is 0 Å². The van der Waals surface area contributed by atoms with Crippen molar-refractivity contribution in [1.82, 2.24) is 10.1 Å². The lowest BCUT2D eigenvalue weighted by molar-refractivity contribution is -0.256. The molecule has 0 atom stereocenters. The Labute approximate surface area is 430 Å². The molecule has 0 unspecified atom stereocenters. The summed E-state index contributed by atoms with van der Waals surface area (Å²) in [6, 6.07) is 29.5. The van der Waals surface area contributed by atoms with Crippen molar-refractivity contribution in [3.8, 4) is 23.0 Å². The van der Waals surface area contributed by atoms with Crippen LogP contribution in [0.5, 0.6) is 23.0 Å². The standard InChI is InChI=1S/2C29H21NO8/c1-15-3-6-19-23(11-15)37-24-12-16(2)4-7-20(24)28(19)21-13-17(5-8-18(21)29(35)36)22(31)14-27(34)38-30-25(32)9-10-26(30)33;1-15-3-6-19-23(11-15)37-24-12-16(2)4-7-20(24)28(19)18-8-5-17(13-21(18)29(35)36)22(31)14-27(34)38-30-25(32)9-10-26(30)33/h2*3-8,11-13H,1,9-10,14H2,2H3,(H,35,36)/p-2. The average molecular weight is 1020 g/mol. The van der Waals surface area contributed by atoms with Crippen molar-refractivity contribution in [3.05, 3.63) is 186 Å². The predicted molar refractivity (Wildman–Crippen MR) is 262 cm³/mol. The number of hydroxylamine groups is 4. The minimum atomic E-state index is -1.52. The second-order valence-electron chi connectivity index (χ2n) is 18.0. The zero-order chi connectivity index (χ0) is 54.3. The Bertz CT molecular complexity index is 3840. The maximum atomic E-state index is 13.0. The lowest BCUT2D eigenvalue weighted by Gasteiger charge is -2.23. The minimum Gasteiger partial charge on any atom is -0.545 e. The quantitative estimate of drug-likeness (QED) is 0.0968. The molecule has 380 valence electrons. The Morgan fingerprint density at radius 1 is 0.474 bits per heavy atom. The van der Waals surface area contributed by atoms with Crippen molar-refractivity contribution < 1.29 is 77.3 Å². The minimum absolute atomic E-state index is 0.0315. The van der Waals surface area contributed by atoms with Gasteiger partial charge in [-0.1, -0.05) is 86.0 Å². The summed E-state index contributed by atoms with van der Waals surface area (Å²) in [5.41, 5.74) is 4.24. The van der Waals surface area contributed by atoms with E-state index in [4.69, 9.17) is 19.1 Å². The molecule has 0 aliphatic carbocycles. The van der Waals surface area contributed by atoms with Gasteiger partial charge in [-0.05, 0) is 82.9 Å². The summed E-state index contributed by atoms with van der Waals surface area (Å²) >= 11 is 0. The van der Waals surface area contributed by atoms with Gasteiger partial charge in [0.2, 0.25) is 0 Å². The SMILES string of the molecule is C=c1ccc2c(c1)Oc1cc(C)ccc1C=2c1cc(C(=O)CC(=O)ON2C(=O)CCC2=O)ccc1C(=O)[O-].C=c1ccc2c(c1)Oc1cc(C)ccc1C=2c1ccc(C(=O)CC(=O)ON2C(=O)CCC2=O)cc1C(=O)[O-]. The number of aryl methyl sites for hydroxylation is 2. The van der Waals surface area contributed by atoms with Crippen LogP contribution < -0.4 is 40.6 Å². The highest BCUT2D eigenvalue weighted by Gasteiger charge is 2.35. The lowest BCUT2D eigenvalue weighted by Crippen LogP contribution is -2.32. The van der Waals surface area contributed by atoms with E-state index in [2.05, 4.69) is 13.2 Å². The van der Waals surface area contributed by atoms with Crippen LogP contribution in [0.1, 0.15) is 113 Å². The third-order valence-electron chi connectivity index (χ3n) is 12.6. The second kappa shape index (κ2) is 20.4. The molecule has 10 rings (SSSR count). The summed E-state index contributed by atoms with van der Waals surface area (Å²) in [5.74, 6) is -7.27. The van der Waals surface area contributed by atoms with E-state index in [1.807, 2.05) is 44.2 Å². The van der Waals surface area contributed by atoms with Crippen molar-refractivity contribution >= 4 is 83.4 Å². The zero-order valence-corrected chi connectivity index (χ0v) is 40.5. The van der Waals surface area contributed by atoms with Crippen molar-refractivity contribution in [1.29, 1.82) is 0 Å². The molecule has 2 saturated heterocycles. The van der Waals surface area contributed by atoms with Gasteiger partial charge in [0.15, 0.2) is 11.6 Å². The Kier molecular flexibility index (Phi) is 13.7. The van der Waals surface area contributed by atoms with Gasteiger partial charge in [0.05, 0.1) is 11.9 Å². The number of ketones is 2. The molecule has 4 aliphatic heterocycles. The van der Waals surface area contributed by atoms with Crippen LogP contribution in [0.3, 0.4) is 0 Å². The van der Waals surface area contributed by atoms with Crippen LogP contribution in [-0.4, -0.2) is 69.2 Å². The van der Waals surface area contributed by atoms with Gasteiger partial charge in [0, 0.05) is 80.6 Å². The molecule has 4 aliphatic rings. The summed E-state index contributed by atoms with van der Waals surface area (Å²) in [7, 11) is 0. The number of nitrogens with zero attached hydrogens (tertiary/aromatic N) is 2. The molecule has 4 heterocycles. The molecule has 76 heavy (non-hydrogen) atoms. The lowest BCUT2D eigenvalue weighted by atomic mass is 9.87. The van der Waals surface area contributed by atoms with Gasteiger partial charge in [-0.15, -0.1) is 10.1 Å². The van der Waals surface area contributed by atoms with E-state index in [-0.39, 0.29) is 53.5 Å². The first-order chi connectivity index (χ1) is 36.2. The summed E-state index contributed by atoms with van der Waals surface area (Å²) in [4.78, 5) is 131. The van der Waals surface area contributed by atoms with E-state index in [1.165, 1.54) is 30.3 Å². The first-order valence-electron chi connectivity index (χ1n) is 23.4. The van der Waals surface area contributed by atoms with E-state index in [0.29, 0.717) is 81.8 Å². The number of carboxylic acids is 2. The van der Waals surface area contributed by atoms with Crippen molar-refractivity contribution in [2.24, 2.45) is 0 Å². The molecule has 2 fully saturated rings. The largest absolute Gasteiger partial charge is 0.545 e. The summed E-state index contributed by atoms with van der Waals surface area (Å²) in [5, 5.41) is 27.7. The number of carbonyl (C=O) groups excluding carboxylic acids is 10. The number of amides is 4. The van der Waals surface area contributed by atoms with Crippen LogP contribution in [-0.2, 0) is 38.4 Å². The van der Waals surface area contributed by atoms with Crippen molar-refractivity contribution in [2.75, 3.05) is 0 Å². The summed E-state index contributed by atoms with van der Waals surface area (Å²) < 4.78 is 12.2. The van der Waals surface area contributed by atoms with Crippen LogP contribution in [0.15, 0.2) is 109 Å². The Balaban J connectivity index is 0.000000186. The number of fused-ring (bicyclic) bond motifs is 4. The molecule has 6 aromatic carbocycles. The summed E-state index contributed by atoms with van der Waals surface area (Å²) in [6.45, 7) is 11.7. The monoisotopic (exact) mass is 1020 g/mol. The number of carbonyl (C=O) groups is 10. The summed E-state index contributed by atoms with van der Waals surface area (Å²) in [6.07, 6.45) is -1.88. The maximum absolute atomic E-state index is 13.0. The highest BCUT2D eigenvalue weighted by Crippen LogP contribution is 2.39. The molecule has 0 radical (unpaired) electrons. The van der Waals surface area contributed by atoms with Gasteiger partial charge in [0.1, 0.15) is 35.8 Å². The topological polar surface area (TPSA) is 260 Å². The van der Waals surface area contributed by atoms with Crippen LogP contribution >= 0.6 is 0 Å². The molecule has 18 nitrogen and oxygen atoms in total. The third kappa shape index (κ3) is 10.1. The Morgan fingerprint density at radius 3 is 1.33 bits per heavy atom. The zero-order valence-electron chi connectivity index (χ0n) is 40.5. The van der Waals surface area contributed by atoms with E-state index >= 15 is 0 Å². The molecule has 0 bridgehead atoms. The van der Waals surface area contributed by atoms with Gasteiger partial charge in [0.25, 0.3) is 23.6 Å². The van der Waals surface area contributed by atoms with Crippen LogP contribution in [0.2, 0.25) is 0 Å². The number of carboxylic acid groups (broad SMARTS) is 2. The molecule has 4 amide bonds. The van der Waals surface area contributed by atoms with Gasteiger partial charge in [-0.3, -0.25) is 28.8 Å². The molecule has 0 N–H and O–H groups in total. The fraction of sp³-hybridized carbons (Fsp3) is 0.138.